The summed E-state index contributed by atoms with van der Waals surface area (Å²) in [6.07, 6.45) is 1.83. The van der Waals surface area contributed by atoms with Crippen molar-refractivity contribution in [3.8, 4) is 11.4 Å². The molecule has 0 spiro atoms. The molecule has 0 amide bonds. The Morgan fingerprint density at radius 3 is 2.64 bits per heavy atom. The number of hydrogen-bond donors (Lipinski definition) is 1. The van der Waals surface area contributed by atoms with E-state index in [9.17, 15) is 0 Å². The van der Waals surface area contributed by atoms with Crippen molar-refractivity contribution in [2.75, 3.05) is 34.3 Å². The quantitative estimate of drug-likeness (QED) is 0.492. The molecule has 8 heteroatoms. The van der Waals surface area contributed by atoms with Gasteiger partial charge in [-0.05, 0) is 82.1 Å². The molecule has 0 saturated carbocycles. The maximum Gasteiger partial charge on any atom is 0.170 e. The lowest BCUT2D eigenvalue weighted by molar-refractivity contribution is 0.277. The predicted molar refractivity (Wildman–Crippen MR) is 138 cm³/mol. The van der Waals surface area contributed by atoms with Gasteiger partial charge in [0, 0.05) is 35.7 Å². The number of thiocarbonyl (C=S) groups is 1. The molecule has 0 bridgehead atoms. The highest BCUT2D eigenvalue weighted by Gasteiger charge is 2.41. The number of aromatic nitrogens is 2. The van der Waals surface area contributed by atoms with Gasteiger partial charge in [-0.25, -0.2) is 0 Å². The van der Waals surface area contributed by atoms with Crippen LogP contribution in [0.1, 0.15) is 34.7 Å². The fourth-order valence-corrected chi connectivity index (χ4v) is 5.09. The zero-order chi connectivity index (χ0) is 23.7. The molecule has 33 heavy (non-hydrogen) atoms. The molecule has 0 unspecified atom stereocenters. The highest BCUT2D eigenvalue weighted by atomic mass is 35.5. The fraction of sp³-hybridized carbons (Fsp3) is 0.360. The Hall–Kier alpha value is -2.61. The second-order valence-electron chi connectivity index (χ2n) is 8.60. The van der Waals surface area contributed by atoms with Crippen LogP contribution in [0.3, 0.4) is 0 Å². The molecule has 1 aliphatic heterocycles. The zero-order valence-corrected chi connectivity index (χ0v) is 21.2. The van der Waals surface area contributed by atoms with E-state index in [1.807, 2.05) is 36.5 Å². The molecule has 0 radical (unpaired) electrons. The van der Waals surface area contributed by atoms with E-state index in [1.165, 1.54) is 5.56 Å². The van der Waals surface area contributed by atoms with Crippen LogP contribution in [0.4, 0.5) is 0 Å². The second-order valence-corrected chi connectivity index (χ2v) is 9.42. The van der Waals surface area contributed by atoms with E-state index in [1.54, 1.807) is 7.11 Å². The summed E-state index contributed by atoms with van der Waals surface area (Å²) in [4.78, 5) is 9.12. The van der Waals surface area contributed by atoms with Gasteiger partial charge in [-0.15, -0.1) is 0 Å². The lowest BCUT2D eigenvalue weighted by atomic mass is 9.96. The molecule has 6 nitrogen and oxygen atoms in total. The Balaban J connectivity index is 1.84. The second kappa shape index (κ2) is 9.71. The summed E-state index contributed by atoms with van der Waals surface area (Å²) >= 11 is 12.2. The first-order valence-corrected chi connectivity index (χ1v) is 11.8. The third kappa shape index (κ3) is 4.58. The monoisotopic (exact) mass is 483 g/mol. The van der Waals surface area contributed by atoms with Gasteiger partial charge >= 0.3 is 0 Å². The number of likely N-dealkylation sites (N-methyl/N-ethyl adjacent to an activating group) is 1. The zero-order valence-electron chi connectivity index (χ0n) is 19.7. The molecule has 1 aromatic carbocycles. The maximum atomic E-state index is 6.36. The van der Waals surface area contributed by atoms with Gasteiger partial charge < -0.3 is 24.4 Å². The number of nitrogens with zero attached hydrogens (tertiary/aromatic N) is 4. The van der Waals surface area contributed by atoms with Crippen molar-refractivity contribution in [1.29, 1.82) is 0 Å². The number of rotatable bonds is 7. The maximum absolute atomic E-state index is 6.36. The molecular weight excluding hydrogens is 454 g/mol. The Kier molecular flexibility index (Phi) is 6.93. The highest BCUT2D eigenvalue weighted by Crippen LogP contribution is 2.42. The smallest absolute Gasteiger partial charge is 0.170 e. The van der Waals surface area contributed by atoms with E-state index in [0.717, 1.165) is 46.7 Å². The normalized spacial score (nSPS) is 18.2. The van der Waals surface area contributed by atoms with Crippen LogP contribution in [-0.2, 0) is 0 Å². The largest absolute Gasteiger partial charge is 0.495 e. The summed E-state index contributed by atoms with van der Waals surface area (Å²) < 4.78 is 7.86. The van der Waals surface area contributed by atoms with Gasteiger partial charge in [-0.1, -0.05) is 17.7 Å². The summed E-state index contributed by atoms with van der Waals surface area (Å²) in [5.74, 6) is 0.776. The third-order valence-electron chi connectivity index (χ3n) is 6.16. The average Bonchev–Trinajstić information content (AvgIpc) is 3.27. The SMILES string of the molecule is COc1ccc(Cl)cc1-n1c(C)cc([C@H]2[C@H](c3ccccn3)NC(=S)N2CCN(C)C)c1C. The van der Waals surface area contributed by atoms with Gasteiger partial charge in [0.25, 0.3) is 0 Å². The number of ether oxygens (including phenoxy) is 1. The van der Waals surface area contributed by atoms with Crippen LogP contribution in [0.2, 0.25) is 5.02 Å². The summed E-state index contributed by atoms with van der Waals surface area (Å²) in [5, 5.41) is 4.96. The van der Waals surface area contributed by atoms with Gasteiger partial charge in [0.1, 0.15) is 5.75 Å². The van der Waals surface area contributed by atoms with Gasteiger partial charge in [0.15, 0.2) is 5.11 Å². The number of methoxy groups -OCH3 is 1. The van der Waals surface area contributed by atoms with Crippen molar-refractivity contribution in [1.82, 2.24) is 24.7 Å². The Labute approximate surface area is 206 Å². The number of benzene rings is 1. The van der Waals surface area contributed by atoms with Gasteiger partial charge in [0.2, 0.25) is 0 Å². The Morgan fingerprint density at radius 2 is 1.97 bits per heavy atom. The molecule has 0 aliphatic carbocycles. The minimum Gasteiger partial charge on any atom is -0.495 e. The molecular formula is C25H30ClN5OS. The Morgan fingerprint density at radius 1 is 1.18 bits per heavy atom. The van der Waals surface area contributed by atoms with E-state index in [-0.39, 0.29) is 12.1 Å². The van der Waals surface area contributed by atoms with Crippen molar-refractivity contribution in [3.63, 3.8) is 0 Å². The first-order valence-electron chi connectivity index (χ1n) is 11.0. The van der Waals surface area contributed by atoms with E-state index in [0.29, 0.717) is 5.02 Å². The van der Waals surface area contributed by atoms with Gasteiger partial charge in [0.05, 0.1) is 30.6 Å². The number of nitrogens with one attached hydrogen (secondary N) is 1. The van der Waals surface area contributed by atoms with Crippen LogP contribution < -0.4 is 10.1 Å². The molecule has 3 heterocycles. The molecule has 1 fully saturated rings. The van der Waals surface area contributed by atoms with Gasteiger partial charge in [-0.3, -0.25) is 4.98 Å². The standard InChI is InChI=1S/C25H30ClN5OS/c1-16-14-19(17(2)31(16)21-15-18(26)9-10-22(21)32-5)24-23(20-8-6-7-11-27-20)28-25(33)30(24)13-12-29(3)4/h6-11,14-15,23-24H,12-13H2,1-5H3,(H,28,33)/t23-,24-/m0/s1. The predicted octanol–water partition coefficient (Wildman–Crippen LogP) is 4.69. The number of aryl methyl sites for hydroxylation is 1. The fourth-order valence-electron chi connectivity index (χ4n) is 4.59. The summed E-state index contributed by atoms with van der Waals surface area (Å²) in [6.45, 7) is 5.96. The van der Waals surface area contributed by atoms with Crippen LogP contribution in [0, 0.1) is 13.8 Å². The molecule has 174 valence electrons. The topological polar surface area (TPSA) is 45.6 Å². The van der Waals surface area contributed by atoms with Crippen molar-refractivity contribution in [3.05, 3.63) is 76.3 Å². The Bertz CT molecular complexity index is 1150. The number of halogens is 1. The average molecular weight is 484 g/mol. The molecule has 1 saturated heterocycles. The summed E-state index contributed by atoms with van der Waals surface area (Å²) in [6, 6.07) is 13.9. The lowest BCUT2D eigenvalue weighted by Crippen LogP contribution is -2.35. The lowest BCUT2D eigenvalue weighted by Gasteiger charge is -2.29. The summed E-state index contributed by atoms with van der Waals surface area (Å²) in [5.41, 5.74) is 5.33. The van der Waals surface area contributed by atoms with E-state index in [2.05, 4.69) is 64.7 Å². The van der Waals surface area contributed by atoms with E-state index in [4.69, 9.17) is 28.6 Å². The van der Waals surface area contributed by atoms with Crippen molar-refractivity contribution < 1.29 is 4.74 Å². The van der Waals surface area contributed by atoms with Crippen LogP contribution in [-0.4, -0.2) is 58.8 Å². The highest BCUT2D eigenvalue weighted by molar-refractivity contribution is 7.80. The first-order chi connectivity index (χ1) is 15.8. The number of pyridine rings is 1. The van der Waals surface area contributed by atoms with Crippen molar-refractivity contribution in [2.24, 2.45) is 0 Å². The van der Waals surface area contributed by atoms with Crippen LogP contribution >= 0.6 is 23.8 Å². The molecule has 2 aromatic heterocycles. The van der Waals surface area contributed by atoms with E-state index >= 15 is 0 Å². The molecule has 1 aliphatic rings. The van der Waals surface area contributed by atoms with Crippen LogP contribution in [0.15, 0.2) is 48.7 Å². The molecule has 3 aromatic rings. The van der Waals surface area contributed by atoms with E-state index < -0.39 is 0 Å². The summed E-state index contributed by atoms with van der Waals surface area (Å²) in [7, 11) is 5.84. The first kappa shape index (κ1) is 23.5. The molecule has 4 rings (SSSR count). The minimum absolute atomic E-state index is 0.0116. The van der Waals surface area contributed by atoms with Crippen molar-refractivity contribution in [2.45, 2.75) is 25.9 Å². The minimum atomic E-state index is -0.0453. The van der Waals surface area contributed by atoms with Gasteiger partial charge in [-0.2, -0.15) is 0 Å². The molecule has 2 atom stereocenters. The molecule has 1 N–H and O–H groups in total. The number of hydrogen-bond acceptors (Lipinski definition) is 4. The van der Waals surface area contributed by atoms with Crippen LogP contribution in [0.5, 0.6) is 5.75 Å². The van der Waals surface area contributed by atoms with Crippen LogP contribution in [0.25, 0.3) is 5.69 Å². The third-order valence-corrected chi connectivity index (χ3v) is 6.74. The van der Waals surface area contributed by atoms with Crippen molar-refractivity contribution >= 4 is 28.9 Å².